The molecule has 2 atom stereocenters. The molecule has 0 radical (unpaired) electrons. The normalized spacial score (nSPS) is 26.5. The van der Waals surface area contributed by atoms with Crippen LogP contribution in [0.1, 0.15) is 26.2 Å². The van der Waals surface area contributed by atoms with Crippen LogP contribution in [0.3, 0.4) is 0 Å². The van der Waals surface area contributed by atoms with Crippen LogP contribution in [0.25, 0.3) is 0 Å². The minimum Gasteiger partial charge on any atom is -0.481 e. The summed E-state index contributed by atoms with van der Waals surface area (Å²) in [7, 11) is 0. The van der Waals surface area contributed by atoms with Crippen LogP contribution in [0.2, 0.25) is 0 Å². The number of cyclic esters (lactones) is 1. The van der Waals surface area contributed by atoms with Gasteiger partial charge in [0.1, 0.15) is 12.1 Å². The van der Waals surface area contributed by atoms with Gasteiger partial charge in [-0.25, -0.2) is 4.79 Å². The number of hydrogen-bond acceptors (Lipinski definition) is 4. The van der Waals surface area contributed by atoms with Gasteiger partial charge in [0.15, 0.2) is 0 Å². The molecular weight excluding hydrogens is 202 g/mol. The molecule has 0 aliphatic carbocycles. The van der Waals surface area contributed by atoms with Crippen molar-refractivity contribution in [2.45, 2.75) is 38.3 Å². The standard InChI is InChI=1S/C9H13NO5/c1-5-4-7(11)10-6(9(14)15-5)2-3-8(12)13/h5-6H,2-4H2,1H3,(H,10,11)(H,12,13). The molecule has 2 N–H and O–H groups in total. The third kappa shape index (κ3) is 3.57. The number of ether oxygens (including phenoxy) is 1. The molecule has 6 nitrogen and oxygen atoms in total. The molecule has 0 aromatic carbocycles. The van der Waals surface area contributed by atoms with E-state index < -0.39 is 24.1 Å². The summed E-state index contributed by atoms with van der Waals surface area (Å²) in [6, 6.07) is -0.835. The van der Waals surface area contributed by atoms with Crippen molar-refractivity contribution >= 4 is 17.8 Å². The second-order valence-corrected chi connectivity index (χ2v) is 3.50. The van der Waals surface area contributed by atoms with Crippen LogP contribution in [-0.4, -0.2) is 35.1 Å². The van der Waals surface area contributed by atoms with E-state index in [1.165, 1.54) is 0 Å². The molecule has 0 saturated carbocycles. The van der Waals surface area contributed by atoms with Crippen LogP contribution in [-0.2, 0) is 19.1 Å². The topological polar surface area (TPSA) is 92.7 Å². The van der Waals surface area contributed by atoms with Gasteiger partial charge in [0, 0.05) is 6.42 Å². The Labute approximate surface area is 86.6 Å². The number of carboxylic acid groups (broad SMARTS) is 1. The van der Waals surface area contributed by atoms with E-state index in [1.807, 2.05) is 0 Å². The van der Waals surface area contributed by atoms with E-state index >= 15 is 0 Å². The second kappa shape index (κ2) is 4.77. The molecule has 0 bridgehead atoms. The van der Waals surface area contributed by atoms with Gasteiger partial charge in [-0.05, 0) is 13.3 Å². The highest BCUT2D eigenvalue weighted by molar-refractivity contribution is 5.87. The number of carbonyl (C=O) groups excluding carboxylic acids is 2. The highest BCUT2D eigenvalue weighted by Gasteiger charge is 2.29. The lowest BCUT2D eigenvalue weighted by molar-refractivity contribution is -0.149. The first-order valence-corrected chi connectivity index (χ1v) is 4.70. The average Bonchev–Trinajstić information content (AvgIpc) is 2.21. The van der Waals surface area contributed by atoms with Gasteiger partial charge in [-0.2, -0.15) is 0 Å². The minimum absolute atomic E-state index is 0.0621. The van der Waals surface area contributed by atoms with E-state index in [1.54, 1.807) is 6.92 Å². The summed E-state index contributed by atoms with van der Waals surface area (Å²) in [6.45, 7) is 1.62. The maximum Gasteiger partial charge on any atom is 0.328 e. The molecule has 0 aromatic heterocycles. The van der Waals surface area contributed by atoms with E-state index in [9.17, 15) is 14.4 Å². The largest absolute Gasteiger partial charge is 0.481 e. The molecule has 0 aromatic rings. The van der Waals surface area contributed by atoms with Crippen LogP contribution in [0, 0.1) is 0 Å². The predicted molar refractivity (Wildman–Crippen MR) is 49.0 cm³/mol. The van der Waals surface area contributed by atoms with Crippen molar-refractivity contribution in [3.05, 3.63) is 0 Å². The summed E-state index contributed by atoms with van der Waals surface area (Å²) in [4.78, 5) is 32.9. The highest BCUT2D eigenvalue weighted by atomic mass is 16.5. The lowest BCUT2D eigenvalue weighted by Crippen LogP contribution is -2.39. The van der Waals surface area contributed by atoms with Crippen molar-refractivity contribution in [2.24, 2.45) is 0 Å². The van der Waals surface area contributed by atoms with E-state index in [0.717, 1.165) is 0 Å². The number of aliphatic carboxylic acids is 1. The Morgan fingerprint density at radius 1 is 1.60 bits per heavy atom. The zero-order valence-electron chi connectivity index (χ0n) is 8.36. The van der Waals surface area contributed by atoms with Crippen LogP contribution >= 0.6 is 0 Å². The number of amides is 1. The molecule has 1 rings (SSSR count). The maximum absolute atomic E-state index is 11.4. The Balaban J connectivity index is 2.57. The van der Waals surface area contributed by atoms with Gasteiger partial charge >= 0.3 is 11.9 Å². The van der Waals surface area contributed by atoms with Crippen LogP contribution in [0.15, 0.2) is 0 Å². The maximum atomic E-state index is 11.4. The van der Waals surface area contributed by atoms with E-state index in [-0.39, 0.29) is 25.2 Å². The monoisotopic (exact) mass is 215 g/mol. The number of esters is 1. The molecule has 1 amide bonds. The summed E-state index contributed by atoms with van der Waals surface area (Å²) in [5.74, 6) is -1.85. The predicted octanol–water partition coefficient (Wildman–Crippen LogP) is -0.329. The van der Waals surface area contributed by atoms with Crippen molar-refractivity contribution in [3.63, 3.8) is 0 Å². The van der Waals surface area contributed by atoms with Gasteiger partial charge in [-0.3, -0.25) is 9.59 Å². The average molecular weight is 215 g/mol. The van der Waals surface area contributed by atoms with Crippen LogP contribution < -0.4 is 5.32 Å². The number of carboxylic acids is 1. The molecule has 2 unspecified atom stereocenters. The van der Waals surface area contributed by atoms with E-state index in [4.69, 9.17) is 9.84 Å². The van der Waals surface area contributed by atoms with Gasteiger partial charge in [0.25, 0.3) is 0 Å². The lowest BCUT2D eigenvalue weighted by atomic mass is 10.1. The summed E-state index contributed by atoms with van der Waals surface area (Å²) in [5, 5.41) is 10.9. The molecule has 0 spiro atoms. The Bertz CT molecular complexity index is 288. The molecule has 1 aliphatic rings. The zero-order valence-corrected chi connectivity index (χ0v) is 8.36. The molecule has 1 heterocycles. The van der Waals surface area contributed by atoms with E-state index in [0.29, 0.717) is 0 Å². The fourth-order valence-corrected chi connectivity index (χ4v) is 1.35. The summed E-state index contributed by atoms with van der Waals surface area (Å²) in [5.41, 5.74) is 0. The molecule has 15 heavy (non-hydrogen) atoms. The van der Waals surface area contributed by atoms with Crippen molar-refractivity contribution in [1.82, 2.24) is 5.32 Å². The van der Waals surface area contributed by atoms with E-state index in [2.05, 4.69) is 5.32 Å². The Morgan fingerprint density at radius 3 is 2.87 bits per heavy atom. The third-order valence-corrected chi connectivity index (χ3v) is 2.06. The van der Waals surface area contributed by atoms with Gasteiger partial charge in [-0.15, -0.1) is 0 Å². The SMILES string of the molecule is CC1CC(=O)NC(CCC(=O)O)C(=O)O1. The van der Waals surface area contributed by atoms with Crippen molar-refractivity contribution in [1.29, 1.82) is 0 Å². The first kappa shape index (κ1) is 11.5. The van der Waals surface area contributed by atoms with Gasteiger partial charge in [-0.1, -0.05) is 0 Å². The molecule has 1 fully saturated rings. The van der Waals surface area contributed by atoms with Crippen LogP contribution in [0.4, 0.5) is 0 Å². The van der Waals surface area contributed by atoms with Crippen molar-refractivity contribution in [2.75, 3.05) is 0 Å². The Hall–Kier alpha value is -1.59. The third-order valence-electron chi connectivity index (χ3n) is 2.06. The van der Waals surface area contributed by atoms with Crippen LogP contribution in [0.5, 0.6) is 0 Å². The number of hydrogen-bond donors (Lipinski definition) is 2. The first-order valence-electron chi connectivity index (χ1n) is 4.70. The second-order valence-electron chi connectivity index (χ2n) is 3.50. The Kier molecular flexibility index (Phi) is 3.65. The van der Waals surface area contributed by atoms with Crippen molar-refractivity contribution in [3.8, 4) is 0 Å². The molecular formula is C9H13NO5. The van der Waals surface area contributed by atoms with Gasteiger partial charge in [0.05, 0.1) is 6.42 Å². The van der Waals surface area contributed by atoms with Gasteiger partial charge < -0.3 is 15.2 Å². The zero-order chi connectivity index (χ0) is 11.4. The molecule has 1 aliphatic heterocycles. The fourth-order valence-electron chi connectivity index (χ4n) is 1.35. The number of rotatable bonds is 3. The summed E-state index contributed by atoms with van der Waals surface area (Å²) >= 11 is 0. The lowest BCUT2D eigenvalue weighted by Gasteiger charge is -2.12. The van der Waals surface area contributed by atoms with Crippen molar-refractivity contribution < 1.29 is 24.2 Å². The summed E-state index contributed by atoms with van der Waals surface area (Å²) < 4.78 is 4.91. The molecule has 84 valence electrons. The summed E-state index contributed by atoms with van der Waals surface area (Å²) in [6.07, 6.45) is -0.441. The molecule has 6 heteroatoms. The first-order chi connectivity index (χ1) is 6.99. The minimum atomic E-state index is -1.01. The Morgan fingerprint density at radius 2 is 2.27 bits per heavy atom. The fraction of sp³-hybridized carbons (Fsp3) is 0.667. The highest BCUT2D eigenvalue weighted by Crippen LogP contribution is 2.09. The smallest absolute Gasteiger partial charge is 0.328 e. The molecule has 1 saturated heterocycles. The quantitative estimate of drug-likeness (QED) is 0.629. The number of carbonyl (C=O) groups is 3. The van der Waals surface area contributed by atoms with Gasteiger partial charge in [0.2, 0.25) is 5.91 Å². The number of nitrogens with one attached hydrogen (secondary N) is 1.